The lowest BCUT2D eigenvalue weighted by Crippen LogP contribution is -1.86. The van der Waals surface area contributed by atoms with Gasteiger partial charge in [0, 0.05) is 6.42 Å². The van der Waals surface area contributed by atoms with E-state index in [0.29, 0.717) is 6.42 Å². The largest absolute Gasteiger partial charge is 0.303 e. The van der Waals surface area contributed by atoms with Gasteiger partial charge in [0.15, 0.2) is 0 Å². The second kappa shape index (κ2) is 5.38. The lowest BCUT2D eigenvalue weighted by molar-refractivity contribution is -0.107. The van der Waals surface area contributed by atoms with Crippen LogP contribution in [-0.2, 0) is 4.79 Å². The number of allylic oxidation sites excluding steroid dienone is 2. The Bertz CT molecular complexity index is 322. The van der Waals surface area contributed by atoms with Gasteiger partial charge < -0.3 is 4.79 Å². The smallest absolute Gasteiger partial charge is 0.120 e. The summed E-state index contributed by atoms with van der Waals surface area (Å²) in [6.07, 6.45) is 2.46. The van der Waals surface area contributed by atoms with Gasteiger partial charge in [0.05, 0.1) is 0 Å². The molecule has 14 heavy (non-hydrogen) atoms. The Kier molecular flexibility index (Phi) is 4.11. The Hall–Kier alpha value is -1.37. The average Bonchev–Trinajstić information content (AvgIpc) is 2.26. The van der Waals surface area contributed by atoms with Crippen molar-refractivity contribution in [3.63, 3.8) is 0 Å². The molecule has 0 aliphatic heterocycles. The molecule has 0 saturated carbocycles. The van der Waals surface area contributed by atoms with E-state index in [1.165, 1.54) is 16.7 Å². The van der Waals surface area contributed by atoms with E-state index in [1.807, 2.05) is 18.2 Å². The summed E-state index contributed by atoms with van der Waals surface area (Å²) in [6, 6.07) is 10.3. The average molecular weight is 188 g/mol. The van der Waals surface area contributed by atoms with E-state index in [1.54, 1.807) is 0 Å². The van der Waals surface area contributed by atoms with Crippen molar-refractivity contribution in [2.24, 2.45) is 0 Å². The van der Waals surface area contributed by atoms with Gasteiger partial charge in [-0.3, -0.25) is 0 Å². The molecule has 1 aromatic carbocycles. The summed E-state index contributed by atoms with van der Waals surface area (Å²) in [5.41, 5.74) is 3.83. The Balaban J connectivity index is 2.81. The molecule has 0 aliphatic rings. The number of benzene rings is 1. The molecule has 0 heterocycles. The first-order chi connectivity index (χ1) is 6.75. The second-order valence-corrected chi connectivity index (χ2v) is 3.48. The second-order valence-electron chi connectivity index (χ2n) is 3.48. The first-order valence-electron chi connectivity index (χ1n) is 4.91. The van der Waals surface area contributed by atoms with Crippen LogP contribution in [0.4, 0.5) is 0 Å². The van der Waals surface area contributed by atoms with E-state index in [0.717, 1.165) is 12.7 Å². The van der Waals surface area contributed by atoms with E-state index in [2.05, 4.69) is 26.0 Å². The Morgan fingerprint density at radius 2 is 1.86 bits per heavy atom. The number of carbonyl (C=O) groups is 1. The van der Waals surface area contributed by atoms with Crippen molar-refractivity contribution in [3.05, 3.63) is 41.5 Å². The summed E-state index contributed by atoms with van der Waals surface area (Å²) in [7, 11) is 0. The molecule has 0 saturated heterocycles. The van der Waals surface area contributed by atoms with Gasteiger partial charge in [-0.15, -0.1) is 0 Å². The predicted octanol–water partition coefficient (Wildman–Crippen LogP) is 3.46. The van der Waals surface area contributed by atoms with Gasteiger partial charge in [0.1, 0.15) is 6.29 Å². The van der Waals surface area contributed by atoms with E-state index in [4.69, 9.17) is 0 Å². The number of aldehydes is 1. The van der Waals surface area contributed by atoms with Crippen molar-refractivity contribution in [3.8, 4) is 0 Å². The van der Waals surface area contributed by atoms with Crippen molar-refractivity contribution in [2.75, 3.05) is 0 Å². The summed E-state index contributed by atoms with van der Waals surface area (Å²) in [4.78, 5) is 10.2. The maximum Gasteiger partial charge on any atom is 0.120 e. The molecule has 0 aliphatic carbocycles. The van der Waals surface area contributed by atoms with Gasteiger partial charge in [-0.1, -0.05) is 35.9 Å². The fraction of sp³-hybridized carbons (Fsp3) is 0.308. The fourth-order valence-corrected chi connectivity index (χ4v) is 1.40. The summed E-state index contributed by atoms with van der Waals surface area (Å²) >= 11 is 0. The maximum absolute atomic E-state index is 10.2. The van der Waals surface area contributed by atoms with Gasteiger partial charge >= 0.3 is 0 Å². The standard InChI is InChI=1S/C13H16O/c1-11(7-6-10-14)12(2)13-8-4-3-5-9-13/h3-5,8-10H,6-7H2,1-2H3/b12-11+. The monoisotopic (exact) mass is 188 g/mol. The fourth-order valence-electron chi connectivity index (χ4n) is 1.40. The molecule has 74 valence electrons. The molecule has 1 rings (SSSR count). The van der Waals surface area contributed by atoms with Crippen LogP contribution in [0.25, 0.3) is 5.57 Å². The van der Waals surface area contributed by atoms with Crippen LogP contribution in [0.15, 0.2) is 35.9 Å². The first-order valence-corrected chi connectivity index (χ1v) is 4.91. The summed E-state index contributed by atoms with van der Waals surface area (Å²) in [5, 5.41) is 0. The summed E-state index contributed by atoms with van der Waals surface area (Å²) in [5.74, 6) is 0. The third-order valence-electron chi connectivity index (χ3n) is 2.48. The minimum Gasteiger partial charge on any atom is -0.303 e. The van der Waals surface area contributed by atoms with Crippen molar-refractivity contribution in [1.29, 1.82) is 0 Å². The van der Waals surface area contributed by atoms with Crippen LogP contribution in [0.2, 0.25) is 0 Å². The highest BCUT2D eigenvalue weighted by molar-refractivity contribution is 5.67. The van der Waals surface area contributed by atoms with Gasteiger partial charge in [-0.2, -0.15) is 0 Å². The van der Waals surface area contributed by atoms with E-state index in [9.17, 15) is 4.79 Å². The van der Waals surface area contributed by atoms with Crippen LogP contribution in [-0.4, -0.2) is 6.29 Å². The molecular formula is C13H16O. The first kappa shape index (κ1) is 10.7. The van der Waals surface area contributed by atoms with Crippen molar-refractivity contribution >= 4 is 11.9 Å². The van der Waals surface area contributed by atoms with Crippen molar-refractivity contribution < 1.29 is 4.79 Å². The molecular weight excluding hydrogens is 172 g/mol. The quantitative estimate of drug-likeness (QED) is 0.661. The summed E-state index contributed by atoms with van der Waals surface area (Å²) < 4.78 is 0. The molecule has 0 N–H and O–H groups in total. The normalized spacial score (nSPS) is 12.1. The zero-order chi connectivity index (χ0) is 10.4. The van der Waals surface area contributed by atoms with Crippen LogP contribution in [0, 0.1) is 0 Å². The van der Waals surface area contributed by atoms with Gasteiger partial charge in [0.25, 0.3) is 0 Å². The third kappa shape index (κ3) is 2.84. The molecule has 0 aromatic heterocycles. The number of rotatable bonds is 4. The van der Waals surface area contributed by atoms with Crippen LogP contribution in [0.5, 0.6) is 0 Å². The molecule has 0 spiro atoms. The zero-order valence-electron chi connectivity index (χ0n) is 8.79. The number of carbonyl (C=O) groups excluding carboxylic acids is 1. The molecule has 1 nitrogen and oxygen atoms in total. The molecule has 0 fully saturated rings. The molecule has 0 bridgehead atoms. The van der Waals surface area contributed by atoms with Gasteiger partial charge in [-0.25, -0.2) is 0 Å². The van der Waals surface area contributed by atoms with Crippen molar-refractivity contribution in [2.45, 2.75) is 26.7 Å². The number of hydrogen-bond acceptors (Lipinski definition) is 1. The maximum atomic E-state index is 10.2. The SMILES string of the molecule is C/C(CCC=O)=C(/C)c1ccccc1. The minimum atomic E-state index is 0.621. The van der Waals surface area contributed by atoms with Crippen LogP contribution >= 0.6 is 0 Å². The topological polar surface area (TPSA) is 17.1 Å². The predicted molar refractivity (Wildman–Crippen MR) is 60.0 cm³/mol. The van der Waals surface area contributed by atoms with E-state index >= 15 is 0 Å². The molecule has 0 radical (unpaired) electrons. The molecule has 0 unspecified atom stereocenters. The highest BCUT2D eigenvalue weighted by Gasteiger charge is 1.99. The number of hydrogen-bond donors (Lipinski definition) is 0. The summed E-state index contributed by atoms with van der Waals surface area (Å²) in [6.45, 7) is 4.20. The molecule has 1 aromatic rings. The molecule has 1 heteroatoms. The highest BCUT2D eigenvalue weighted by Crippen LogP contribution is 2.20. The Morgan fingerprint density at radius 3 is 2.43 bits per heavy atom. The van der Waals surface area contributed by atoms with Crippen LogP contribution in [0.1, 0.15) is 32.3 Å². The lowest BCUT2D eigenvalue weighted by Gasteiger charge is -2.06. The highest BCUT2D eigenvalue weighted by atomic mass is 16.1. The van der Waals surface area contributed by atoms with Crippen LogP contribution in [0.3, 0.4) is 0 Å². The third-order valence-corrected chi connectivity index (χ3v) is 2.48. The molecule has 0 atom stereocenters. The van der Waals surface area contributed by atoms with E-state index in [-0.39, 0.29) is 0 Å². The van der Waals surface area contributed by atoms with Gasteiger partial charge in [-0.05, 0) is 31.4 Å². The van der Waals surface area contributed by atoms with Gasteiger partial charge in [0.2, 0.25) is 0 Å². The van der Waals surface area contributed by atoms with E-state index < -0.39 is 0 Å². The lowest BCUT2D eigenvalue weighted by atomic mass is 10.00. The Morgan fingerprint density at radius 1 is 1.21 bits per heavy atom. The zero-order valence-corrected chi connectivity index (χ0v) is 8.79. The minimum absolute atomic E-state index is 0.621. The van der Waals surface area contributed by atoms with Crippen LogP contribution < -0.4 is 0 Å². The Labute approximate surface area is 85.5 Å². The van der Waals surface area contributed by atoms with Crippen molar-refractivity contribution in [1.82, 2.24) is 0 Å². The molecule has 0 amide bonds.